The van der Waals surface area contributed by atoms with Crippen molar-refractivity contribution in [2.45, 2.75) is 20.3 Å². The van der Waals surface area contributed by atoms with E-state index in [0.717, 1.165) is 5.69 Å². The quantitative estimate of drug-likeness (QED) is 0.546. The zero-order valence-corrected chi connectivity index (χ0v) is 8.40. The summed E-state index contributed by atoms with van der Waals surface area (Å²) < 4.78 is 4.88. The molecule has 1 heterocycles. The summed E-state index contributed by atoms with van der Waals surface area (Å²) in [6.07, 6.45) is 0.593. The molecule has 5 nitrogen and oxygen atoms in total. The van der Waals surface area contributed by atoms with Crippen molar-refractivity contribution in [2.75, 3.05) is 7.11 Å². The number of rotatable bonds is 3. The van der Waals surface area contributed by atoms with Crippen LogP contribution >= 0.6 is 0 Å². The molecular formula is C9H12N2O3. The normalized spacial score (nSPS) is 9.93. The van der Waals surface area contributed by atoms with Crippen molar-refractivity contribution in [3.8, 4) is 5.88 Å². The molecule has 0 amide bonds. The molecule has 1 aromatic rings. The molecule has 5 heteroatoms. The van der Waals surface area contributed by atoms with Gasteiger partial charge in [-0.2, -0.15) is 0 Å². The van der Waals surface area contributed by atoms with Crippen LogP contribution in [0.3, 0.4) is 0 Å². The highest BCUT2D eigenvalue weighted by molar-refractivity contribution is 5.49. The Labute approximate surface area is 81.9 Å². The molecule has 0 aromatic carbocycles. The Morgan fingerprint density at radius 1 is 1.64 bits per heavy atom. The van der Waals surface area contributed by atoms with E-state index >= 15 is 0 Å². The van der Waals surface area contributed by atoms with Crippen LogP contribution in [-0.2, 0) is 6.42 Å². The number of aryl methyl sites for hydroxylation is 2. The number of ether oxygens (including phenoxy) is 1. The van der Waals surface area contributed by atoms with Gasteiger partial charge in [0, 0.05) is 11.3 Å². The molecule has 1 aromatic heterocycles. The zero-order valence-electron chi connectivity index (χ0n) is 8.40. The first-order chi connectivity index (χ1) is 6.60. The fraction of sp³-hybridized carbons (Fsp3) is 0.444. The zero-order chi connectivity index (χ0) is 10.7. The second-order valence-corrected chi connectivity index (χ2v) is 2.89. The van der Waals surface area contributed by atoms with E-state index in [0.29, 0.717) is 12.0 Å². The minimum atomic E-state index is -0.454. The molecule has 0 aliphatic rings. The minimum absolute atomic E-state index is 0.0272. The Morgan fingerprint density at radius 2 is 2.29 bits per heavy atom. The predicted octanol–water partition coefficient (Wildman–Crippen LogP) is 1.87. The summed E-state index contributed by atoms with van der Waals surface area (Å²) >= 11 is 0. The Kier molecular flexibility index (Phi) is 3.01. The number of pyridine rings is 1. The first kappa shape index (κ1) is 10.4. The van der Waals surface area contributed by atoms with Gasteiger partial charge in [0.05, 0.1) is 12.0 Å². The molecule has 0 saturated heterocycles. The molecule has 0 radical (unpaired) electrons. The standard InChI is InChI=1S/C9H12N2O3/c1-4-7-5-6(2)10-9(14-3)8(7)11(12)13/h5H,4H2,1-3H3. The molecule has 76 valence electrons. The smallest absolute Gasteiger partial charge is 0.334 e. The van der Waals surface area contributed by atoms with Crippen LogP contribution < -0.4 is 4.74 Å². The molecular weight excluding hydrogens is 184 g/mol. The molecule has 0 aliphatic carbocycles. The van der Waals surface area contributed by atoms with E-state index in [9.17, 15) is 10.1 Å². The van der Waals surface area contributed by atoms with Gasteiger partial charge in [0.15, 0.2) is 0 Å². The molecule has 14 heavy (non-hydrogen) atoms. The maximum atomic E-state index is 10.8. The monoisotopic (exact) mass is 196 g/mol. The van der Waals surface area contributed by atoms with Gasteiger partial charge in [0.1, 0.15) is 0 Å². The minimum Gasteiger partial charge on any atom is -0.476 e. The highest BCUT2D eigenvalue weighted by Gasteiger charge is 2.21. The molecule has 0 spiro atoms. The van der Waals surface area contributed by atoms with Crippen molar-refractivity contribution in [1.82, 2.24) is 4.98 Å². The Bertz CT molecular complexity index is 338. The van der Waals surface area contributed by atoms with Gasteiger partial charge in [-0.05, 0) is 19.4 Å². The van der Waals surface area contributed by atoms with Gasteiger partial charge in [0.25, 0.3) is 5.88 Å². The van der Waals surface area contributed by atoms with Crippen LogP contribution in [0.2, 0.25) is 0 Å². The summed E-state index contributed by atoms with van der Waals surface area (Å²) in [5, 5.41) is 10.8. The lowest BCUT2D eigenvalue weighted by atomic mass is 10.1. The van der Waals surface area contributed by atoms with Crippen molar-refractivity contribution >= 4 is 5.69 Å². The SMILES string of the molecule is CCc1cc(C)nc(OC)c1[N+](=O)[O-]. The third-order valence-corrected chi connectivity index (χ3v) is 1.92. The summed E-state index contributed by atoms with van der Waals surface area (Å²) in [4.78, 5) is 14.3. The van der Waals surface area contributed by atoms with E-state index in [1.165, 1.54) is 7.11 Å². The van der Waals surface area contributed by atoms with Gasteiger partial charge in [-0.1, -0.05) is 6.92 Å². The number of hydrogen-bond acceptors (Lipinski definition) is 4. The van der Waals surface area contributed by atoms with E-state index in [-0.39, 0.29) is 11.6 Å². The number of hydrogen-bond donors (Lipinski definition) is 0. The molecule has 0 aliphatic heterocycles. The third-order valence-electron chi connectivity index (χ3n) is 1.92. The number of methoxy groups -OCH3 is 1. The summed E-state index contributed by atoms with van der Waals surface area (Å²) in [6, 6.07) is 1.71. The summed E-state index contributed by atoms with van der Waals surface area (Å²) in [7, 11) is 1.38. The maximum absolute atomic E-state index is 10.8. The summed E-state index contributed by atoms with van der Waals surface area (Å²) in [5.41, 5.74) is 1.35. The van der Waals surface area contributed by atoms with Crippen molar-refractivity contribution in [2.24, 2.45) is 0 Å². The molecule has 0 fully saturated rings. The van der Waals surface area contributed by atoms with Crippen LogP contribution in [0.4, 0.5) is 5.69 Å². The lowest BCUT2D eigenvalue weighted by Gasteiger charge is -2.05. The number of aromatic nitrogens is 1. The Morgan fingerprint density at radius 3 is 2.71 bits per heavy atom. The van der Waals surface area contributed by atoms with Gasteiger partial charge in [-0.15, -0.1) is 0 Å². The average Bonchev–Trinajstić information content (AvgIpc) is 2.15. The van der Waals surface area contributed by atoms with Gasteiger partial charge in [0.2, 0.25) is 0 Å². The highest BCUT2D eigenvalue weighted by Crippen LogP contribution is 2.29. The summed E-state index contributed by atoms with van der Waals surface area (Å²) in [5.74, 6) is 0.0897. The third kappa shape index (κ3) is 1.81. The second kappa shape index (κ2) is 4.04. The predicted molar refractivity (Wildman–Crippen MR) is 51.6 cm³/mol. The fourth-order valence-electron chi connectivity index (χ4n) is 1.31. The number of nitrogens with zero attached hydrogens (tertiary/aromatic N) is 2. The van der Waals surface area contributed by atoms with E-state index < -0.39 is 4.92 Å². The van der Waals surface area contributed by atoms with Gasteiger partial charge < -0.3 is 4.74 Å². The lowest BCUT2D eigenvalue weighted by molar-refractivity contribution is -0.386. The van der Waals surface area contributed by atoms with Crippen LogP contribution in [0.15, 0.2) is 6.07 Å². The molecule has 0 saturated carbocycles. The van der Waals surface area contributed by atoms with Gasteiger partial charge in [-0.25, -0.2) is 4.98 Å². The largest absolute Gasteiger partial charge is 0.476 e. The molecule has 0 bridgehead atoms. The maximum Gasteiger partial charge on any atom is 0.334 e. The Hall–Kier alpha value is -1.65. The van der Waals surface area contributed by atoms with Crippen molar-refractivity contribution in [3.63, 3.8) is 0 Å². The lowest BCUT2D eigenvalue weighted by Crippen LogP contribution is -2.01. The fourth-order valence-corrected chi connectivity index (χ4v) is 1.31. The van der Waals surface area contributed by atoms with E-state index in [4.69, 9.17) is 4.74 Å². The number of nitro groups is 1. The molecule has 1 rings (SSSR count). The van der Waals surface area contributed by atoms with Crippen molar-refractivity contribution in [3.05, 3.63) is 27.4 Å². The second-order valence-electron chi connectivity index (χ2n) is 2.89. The first-order valence-corrected chi connectivity index (χ1v) is 4.29. The Balaban J connectivity index is 3.40. The molecule has 0 unspecified atom stereocenters. The molecule has 0 N–H and O–H groups in total. The first-order valence-electron chi connectivity index (χ1n) is 4.29. The van der Waals surface area contributed by atoms with Crippen LogP contribution in [0.25, 0.3) is 0 Å². The van der Waals surface area contributed by atoms with Crippen molar-refractivity contribution in [1.29, 1.82) is 0 Å². The molecule has 0 atom stereocenters. The highest BCUT2D eigenvalue weighted by atomic mass is 16.6. The van der Waals surface area contributed by atoms with E-state index in [2.05, 4.69) is 4.98 Å². The van der Waals surface area contributed by atoms with Crippen LogP contribution in [0.5, 0.6) is 5.88 Å². The average molecular weight is 196 g/mol. The van der Waals surface area contributed by atoms with Gasteiger partial charge in [-0.3, -0.25) is 10.1 Å². The van der Waals surface area contributed by atoms with Crippen LogP contribution in [-0.4, -0.2) is 17.0 Å². The van der Waals surface area contributed by atoms with E-state index in [1.54, 1.807) is 13.0 Å². The van der Waals surface area contributed by atoms with Crippen LogP contribution in [0, 0.1) is 17.0 Å². The van der Waals surface area contributed by atoms with Crippen LogP contribution in [0.1, 0.15) is 18.2 Å². The van der Waals surface area contributed by atoms with E-state index in [1.807, 2.05) is 6.92 Å². The van der Waals surface area contributed by atoms with Gasteiger partial charge >= 0.3 is 5.69 Å². The van der Waals surface area contributed by atoms with Crippen molar-refractivity contribution < 1.29 is 9.66 Å². The topological polar surface area (TPSA) is 65.3 Å². The summed E-state index contributed by atoms with van der Waals surface area (Å²) in [6.45, 7) is 3.65.